The van der Waals surface area contributed by atoms with Crippen molar-refractivity contribution in [3.63, 3.8) is 0 Å². The molecule has 124 valence electrons. The van der Waals surface area contributed by atoms with Gasteiger partial charge in [0.1, 0.15) is 17.6 Å². The van der Waals surface area contributed by atoms with E-state index >= 15 is 0 Å². The van der Waals surface area contributed by atoms with Gasteiger partial charge in [-0.1, -0.05) is 0 Å². The van der Waals surface area contributed by atoms with Crippen LogP contribution in [-0.2, 0) is 9.84 Å². The maximum atomic E-state index is 11.6. The molecule has 3 rings (SSSR count). The summed E-state index contributed by atoms with van der Waals surface area (Å²) in [5, 5.41) is 12.4. The van der Waals surface area contributed by atoms with E-state index in [1.54, 1.807) is 19.2 Å². The summed E-state index contributed by atoms with van der Waals surface area (Å²) in [6, 6.07) is 12.8. The molecule has 1 aliphatic rings. The van der Waals surface area contributed by atoms with E-state index in [0.717, 1.165) is 11.3 Å². The molecule has 1 N–H and O–H groups in total. The van der Waals surface area contributed by atoms with Crippen LogP contribution in [0.4, 0.5) is 5.82 Å². The number of nitrogens with zero attached hydrogens (tertiary/aromatic N) is 2. The Hall–Kier alpha value is -2.59. The highest BCUT2D eigenvalue weighted by molar-refractivity contribution is 7.91. The van der Waals surface area contributed by atoms with E-state index in [0.29, 0.717) is 23.5 Å². The maximum absolute atomic E-state index is 11.6. The first-order valence-corrected chi connectivity index (χ1v) is 9.35. The number of nitriles is 1. The van der Waals surface area contributed by atoms with Gasteiger partial charge in [-0.3, -0.25) is 0 Å². The second-order valence-corrected chi connectivity index (χ2v) is 7.91. The summed E-state index contributed by atoms with van der Waals surface area (Å²) in [6.07, 6.45) is 0.529. The van der Waals surface area contributed by atoms with Crippen LogP contribution in [0, 0.1) is 11.3 Å². The first-order valence-electron chi connectivity index (χ1n) is 7.53. The summed E-state index contributed by atoms with van der Waals surface area (Å²) in [7, 11) is -1.39. The van der Waals surface area contributed by atoms with Gasteiger partial charge in [0.05, 0.1) is 29.9 Å². The molecule has 0 bridgehead atoms. The average Bonchev–Trinajstić information content (AvgIpc) is 2.93. The van der Waals surface area contributed by atoms with Crippen molar-refractivity contribution in [2.75, 3.05) is 23.9 Å². The fourth-order valence-corrected chi connectivity index (χ4v) is 4.36. The number of pyridine rings is 1. The van der Waals surface area contributed by atoms with Crippen LogP contribution < -0.4 is 10.1 Å². The van der Waals surface area contributed by atoms with Gasteiger partial charge in [0.25, 0.3) is 0 Å². The third-order valence-corrected chi connectivity index (χ3v) is 5.74. The molecule has 0 saturated carbocycles. The summed E-state index contributed by atoms with van der Waals surface area (Å²) >= 11 is 0. The maximum Gasteiger partial charge on any atom is 0.152 e. The number of nitrogens with one attached hydrogen (secondary N) is 1. The van der Waals surface area contributed by atoms with Crippen LogP contribution in [-0.4, -0.2) is 38.1 Å². The molecule has 1 fully saturated rings. The summed E-state index contributed by atoms with van der Waals surface area (Å²) in [4.78, 5) is 4.51. The normalized spacial score (nSPS) is 18.8. The summed E-state index contributed by atoms with van der Waals surface area (Å²) in [5.41, 5.74) is 2.00. The van der Waals surface area contributed by atoms with E-state index in [1.807, 2.05) is 24.3 Å². The largest absolute Gasteiger partial charge is 0.497 e. The fourth-order valence-electron chi connectivity index (χ4n) is 2.68. The van der Waals surface area contributed by atoms with Crippen LogP contribution in [0.5, 0.6) is 5.75 Å². The zero-order valence-corrected chi connectivity index (χ0v) is 14.0. The van der Waals surface area contributed by atoms with E-state index in [2.05, 4.69) is 16.4 Å². The van der Waals surface area contributed by atoms with Gasteiger partial charge >= 0.3 is 0 Å². The topological polar surface area (TPSA) is 92.1 Å². The number of sulfone groups is 1. The monoisotopic (exact) mass is 343 g/mol. The van der Waals surface area contributed by atoms with Gasteiger partial charge in [-0.05, 0) is 42.8 Å². The zero-order valence-electron chi connectivity index (χ0n) is 13.2. The van der Waals surface area contributed by atoms with Crippen molar-refractivity contribution in [2.24, 2.45) is 0 Å². The SMILES string of the molecule is COc1ccc(-c2ccc(C#N)c(NC3CCS(=O)(=O)C3)n2)cc1. The lowest BCUT2D eigenvalue weighted by molar-refractivity contribution is 0.415. The Labute approximate surface area is 141 Å². The molecule has 0 radical (unpaired) electrons. The molecule has 6 nitrogen and oxygen atoms in total. The Kier molecular flexibility index (Phi) is 4.40. The average molecular weight is 343 g/mol. The van der Waals surface area contributed by atoms with Gasteiger partial charge in [0, 0.05) is 11.6 Å². The van der Waals surface area contributed by atoms with Crippen molar-refractivity contribution in [1.29, 1.82) is 5.26 Å². The second kappa shape index (κ2) is 6.49. The molecular weight excluding hydrogens is 326 g/mol. The number of benzene rings is 1. The van der Waals surface area contributed by atoms with E-state index < -0.39 is 9.84 Å². The number of aromatic nitrogens is 1. The molecule has 7 heteroatoms. The number of hydrogen-bond donors (Lipinski definition) is 1. The van der Waals surface area contributed by atoms with Crippen molar-refractivity contribution in [2.45, 2.75) is 12.5 Å². The van der Waals surface area contributed by atoms with Gasteiger partial charge in [-0.15, -0.1) is 0 Å². The Bertz CT molecular complexity index is 886. The zero-order chi connectivity index (χ0) is 17.2. The van der Waals surface area contributed by atoms with Crippen LogP contribution in [0.1, 0.15) is 12.0 Å². The Morgan fingerprint density at radius 3 is 2.58 bits per heavy atom. The quantitative estimate of drug-likeness (QED) is 0.915. The molecule has 1 aromatic heterocycles. The van der Waals surface area contributed by atoms with Crippen LogP contribution >= 0.6 is 0 Å². The van der Waals surface area contributed by atoms with Crippen LogP contribution in [0.25, 0.3) is 11.3 Å². The Balaban J connectivity index is 1.89. The Morgan fingerprint density at radius 1 is 1.25 bits per heavy atom. The van der Waals surface area contributed by atoms with Crippen molar-refractivity contribution >= 4 is 15.7 Å². The molecule has 0 amide bonds. The lowest BCUT2D eigenvalue weighted by Crippen LogP contribution is -2.22. The predicted molar refractivity (Wildman–Crippen MR) is 91.6 cm³/mol. The minimum Gasteiger partial charge on any atom is -0.497 e. The summed E-state index contributed by atoms with van der Waals surface area (Å²) in [6.45, 7) is 0. The number of ether oxygens (including phenoxy) is 1. The molecule has 1 unspecified atom stereocenters. The molecular formula is C17H17N3O3S. The third kappa shape index (κ3) is 3.49. The standard InChI is InChI=1S/C17H17N3O3S/c1-23-15-5-2-12(3-6-15)16-7-4-13(10-18)17(20-16)19-14-8-9-24(21,22)11-14/h2-7,14H,8-9,11H2,1H3,(H,19,20). The highest BCUT2D eigenvalue weighted by atomic mass is 32.2. The summed E-state index contributed by atoms with van der Waals surface area (Å²) < 4.78 is 28.3. The molecule has 24 heavy (non-hydrogen) atoms. The van der Waals surface area contributed by atoms with Gasteiger partial charge in [0.2, 0.25) is 0 Å². The van der Waals surface area contributed by atoms with Crippen LogP contribution in [0.15, 0.2) is 36.4 Å². The highest BCUT2D eigenvalue weighted by Gasteiger charge is 2.28. The summed E-state index contributed by atoms with van der Waals surface area (Å²) in [5.74, 6) is 1.42. The van der Waals surface area contributed by atoms with E-state index in [-0.39, 0.29) is 17.5 Å². The molecule has 2 aromatic rings. The molecule has 1 aromatic carbocycles. The van der Waals surface area contributed by atoms with E-state index in [9.17, 15) is 13.7 Å². The van der Waals surface area contributed by atoms with Crippen LogP contribution in [0.2, 0.25) is 0 Å². The first kappa shape index (κ1) is 16.3. The smallest absolute Gasteiger partial charge is 0.152 e. The number of anilines is 1. The van der Waals surface area contributed by atoms with Gasteiger partial charge < -0.3 is 10.1 Å². The molecule has 0 spiro atoms. The molecule has 1 saturated heterocycles. The van der Waals surface area contributed by atoms with Crippen molar-refractivity contribution < 1.29 is 13.2 Å². The molecule has 0 aliphatic carbocycles. The minimum absolute atomic E-state index is 0.0757. The number of hydrogen-bond acceptors (Lipinski definition) is 6. The molecule has 1 atom stereocenters. The van der Waals surface area contributed by atoms with Crippen LogP contribution in [0.3, 0.4) is 0 Å². The lowest BCUT2D eigenvalue weighted by atomic mass is 10.1. The highest BCUT2D eigenvalue weighted by Crippen LogP contribution is 2.25. The number of rotatable bonds is 4. The lowest BCUT2D eigenvalue weighted by Gasteiger charge is -2.14. The molecule has 2 heterocycles. The second-order valence-electron chi connectivity index (χ2n) is 5.68. The molecule has 1 aliphatic heterocycles. The third-order valence-electron chi connectivity index (χ3n) is 3.97. The Morgan fingerprint density at radius 2 is 2.00 bits per heavy atom. The first-order chi connectivity index (χ1) is 11.5. The van der Waals surface area contributed by atoms with Gasteiger partial charge in [0.15, 0.2) is 9.84 Å². The van der Waals surface area contributed by atoms with E-state index in [4.69, 9.17) is 4.74 Å². The minimum atomic E-state index is -2.99. The van der Waals surface area contributed by atoms with Crippen molar-refractivity contribution in [3.8, 4) is 23.1 Å². The predicted octanol–water partition coefficient (Wildman–Crippen LogP) is 2.23. The van der Waals surface area contributed by atoms with Crippen molar-refractivity contribution in [1.82, 2.24) is 4.98 Å². The van der Waals surface area contributed by atoms with E-state index in [1.165, 1.54) is 0 Å². The van der Waals surface area contributed by atoms with Gasteiger partial charge in [-0.25, -0.2) is 13.4 Å². The van der Waals surface area contributed by atoms with Gasteiger partial charge in [-0.2, -0.15) is 5.26 Å². The number of methoxy groups -OCH3 is 1. The van der Waals surface area contributed by atoms with Crippen molar-refractivity contribution in [3.05, 3.63) is 42.0 Å². The fraction of sp³-hybridized carbons (Fsp3) is 0.294.